The smallest absolute Gasteiger partial charge is 0.332 e. The molecule has 5 nitrogen and oxygen atoms in total. The molecule has 24 heavy (non-hydrogen) atoms. The zero-order valence-electron chi connectivity index (χ0n) is 13.0. The van der Waals surface area contributed by atoms with E-state index in [0.717, 1.165) is 4.90 Å². The third kappa shape index (κ3) is 2.39. The molecule has 2 amide bonds. The monoisotopic (exact) mass is 349 g/mol. The molecule has 2 aliphatic carbocycles. The van der Waals surface area contributed by atoms with Crippen LogP contribution in [-0.4, -0.2) is 70.7 Å². The van der Waals surface area contributed by atoms with Crippen LogP contribution in [0, 0.1) is 0 Å². The molecule has 0 aromatic carbocycles. The van der Waals surface area contributed by atoms with Gasteiger partial charge in [-0.2, -0.15) is 13.2 Å². The Balaban J connectivity index is 1.56. The van der Waals surface area contributed by atoms with Gasteiger partial charge in [-0.15, -0.1) is 0 Å². The summed E-state index contributed by atoms with van der Waals surface area (Å²) in [5, 5.41) is 2.85. The first-order chi connectivity index (χ1) is 11.2. The summed E-state index contributed by atoms with van der Waals surface area (Å²) in [4.78, 5) is 27.1. The number of alkyl halides is 4. The van der Waals surface area contributed by atoms with E-state index in [4.69, 9.17) is 0 Å². The van der Waals surface area contributed by atoms with E-state index < -0.39 is 35.4 Å². The van der Waals surface area contributed by atoms with Gasteiger partial charge in [-0.25, -0.2) is 4.39 Å². The molecule has 4 rings (SSSR count). The summed E-state index contributed by atoms with van der Waals surface area (Å²) in [7, 11) is 0. The number of halogens is 4. The number of piperazine rings is 1. The molecule has 1 unspecified atom stereocenters. The van der Waals surface area contributed by atoms with Gasteiger partial charge in [-0.1, -0.05) is 0 Å². The topological polar surface area (TPSA) is 52.7 Å². The van der Waals surface area contributed by atoms with Crippen molar-refractivity contribution in [3.8, 4) is 0 Å². The van der Waals surface area contributed by atoms with E-state index in [-0.39, 0.29) is 32.0 Å². The van der Waals surface area contributed by atoms with Crippen molar-refractivity contribution in [2.45, 2.75) is 61.6 Å². The molecule has 4 aliphatic rings. The van der Waals surface area contributed by atoms with Gasteiger partial charge in [0, 0.05) is 26.1 Å². The predicted octanol–water partition coefficient (Wildman–Crippen LogP) is 0.985. The molecule has 4 fully saturated rings. The Kier molecular flexibility index (Phi) is 3.24. The second-order valence-electron chi connectivity index (χ2n) is 7.56. The maximum absolute atomic E-state index is 13.4. The molecule has 2 spiro atoms. The molecule has 0 aromatic rings. The fraction of sp³-hybridized carbons (Fsp3) is 0.867. The van der Waals surface area contributed by atoms with Crippen molar-refractivity contribution in [3.05, 3.63) is 0 Å². The van der Waals surface area contributed by atoms with Crippen LogP contribution in [-0.2, 0) is 9.59 Å². The van der Waals surface area contributed by atoms with Crippen molar-refractivity contribution < 1.29 is 27.2 Å². The fourth-order valence-corrected chi connectivity index (χ4v) is 4.06. The average molecular weight is 349 g/mol. The quantitative estimate of drug-likeness (QED) is 0.718. The normalized spacial score (nSPS) is 33.2. The van der Waals surface area contributed by atoms with Crippen molar-refractivity contribution in [1.82, 2.24) is 15.1 Å². The molecular weight excluding hydrogens is 330 g/mol. The van der Waals surface area contributed by atoms with Gasteiger partial charge in [0.15, 0.2) is 0 Å². The van der Waals surface area contributed by atoms with Crippen LogP contribution in [0.25, 0.3) is 0 Å². The molecule has 0 aromatic heterocycles. The lowest BCUT2D eigenvalue weighted by Crippen LogP contribution is -2.67. The van der Waals surface area contributed by atoms with Crippen LogP contribution < -0.4 is 5.32 Å². The molecule has 0 bridgehead atoms. The van der Waals surface area contributed by atoms with Crippen LogP contribution >= 0.6 is 0 Å². The Labute approximate surface area is 136 Å². The number of nitrogens with zero attached hydrogens (tertiary/aromatic N) is 2. The largest absolute Gasteiger partial charge is 0.471 e. The Bertz CT molecular complexity index is 586. The molecule has 2 aliphatic heterocycles. The van der Waals surface area contributed by atoms with E-state index in [1.54, 1.807) is 4.90 Å². The first kappa shape index (κ1) is 16.1. The number of hydrogen-bond donors (Lipinski definition) is 1. The highest BCUT2D eigenvalue weighted by Gasteiger charge is 2.67. The third-order valence-corrected chi connectivity index (χ3v) is 5.83. The zero-order chi connectivity index (χ0) is 17.3. The summed E-state index contributed by atoms with van der Waals surface area (Å²) < 4.78 is 52.1. The van der Waals surface area contributed by atoms with E-state index in [9.17, 15) is 27.2 Å². The van der Waals surface area contributed by atoms with Gasteiger partial charge in [-0.05, 0) is 25.7 Å². The van der Waals surface area contributed by atoms with Gasteiger partial charge in [-0.3, -0.25) is 9.59 Å². The van der Waals surface area contributed by atoms with Crippen LogP contribution in [0.15, 0.2) is 0 Å². The number of carbonyl (C=O) groups is 2. The van der Waals surface area contributed by atoms with Gasteiger partial charge < -0.3 is 15.1 Å². The highest BCUT2D eigenvalue weighted by molar-refractivity contribution is 5.86. The number of rotatable bonds is 1. The fourth-order valence-electron chi connectivity index (χ4n) is 4.06. The molecular formula is C15H19F4N3O2. The number of hydrogen-bond acceptors (Lipinski definition) is 3. The lowest BCUT2D eigenvalue weighted by Gasteiger charge is -2.48. The van der Waals surface area contributed by atoms with Crippen molar-refractivity contribution in [2.75, 3.05) is 19.6 Å². The van der Waals surface area contributed by atoms with Crippen molar-refractivity contribution in [1.29, 1.82) is 0 Å². The van der Waals surface area contributed by atoms with Gasteiger partial charge in [0.2, 0.25) is 5.91 Å². The number of amides is 2. The van der Waals surface area contributed by atoms with E-state index >= 15 is 0 Å². The molecule has 2 saturated carbocycles. The molecule has 2 saturated heterocycles. The van der Waals surface area contributed by atoms with Crippen LogP contribution in [0.2, 0.25) is 0 Å². The van der Waals surface area contributed by atoms with Gasteiger partial charge in [0.1, 0.15) is 6.17 Å². The zero-order valence-corrected chi connectivity index (χ0v) is 13.0. The summed E-state index contributed by atoms with van der Waals surface area (Å²) in [5.74, 6) is -2.04. The first-order valence-corrected chi connectivity index (χ1v) is 8.25. The van der Waals surface area contributed by atoms with Gasteiger partial charge in [0.25, 0.3) is 0 Å². The Morgan fingerprint density at radius 1 is 1.00 bits per heavy atom. The highest BCUT2D eigenvalue weighted by atomic mass is 19.4. The van der Waals surface area contributed by atoms with E-state index in [1.165, 1.54) is 0 Å². The molecule has 1 N–H and O–H groups in total. The lowest BCUT2D eigenvalue weighted by molar-refractivity contribution is -0.194. The Morgan fingerprint density at radius 3 is 2.00 bits per heavy atom. The molecule has 2 atom stereocenters. The van der Waals surface area contributed by atoms with Crippen LogP contribution in [0.5, 0.6) is 0 Å². The maximum Gasteiger partial charge on any atom is 0.471 e. The van der Waals surface area contributed by atoms with E-state index in [2.05, 4.69) is 5.32 Å². The Hall–Kier alpha value is -1.38. The Morgan fingerprint density at radius 2 is 1.54 bits per heavy atom. The molecule has 2 heterocycles. The third-order valence-electron chi connectivity index (χ3n) is 5.83. The molecule has 0 radical (unpaired) electrons. The van der Waals surface area contributed by atoms with Gasteiger partial charge >= 0.3 is 12.1 Å². The summed E-state index contributed by atoms with van der Waals surface area (Å²) in [6.45, 7) is 0.187. The predicted molar refractivity (Wildman–Crippen MR) is 74.7 cm³/mol. The van der Waals surface area contributed by atoms with Crippen LogP contribution in [0.1, 0.15) is 32.1 Å². The maximum atomic E-state index is 13.4. The lowest BCUT2D eigenvalue weighted by atomic mass is 10.00. The standard InChI is InChI=1S/C15H19F4N3O2/c16-9-5-10(20-6-9)11(23)21-7-14(3-4-14)22(8-13(21)1-2-13)12(24)15(17,18)19/h9-10,20H,1-8H2/t9?,10-/m1/s1. The van der Waals surface area contributed by atoms with Crippen molar-refractivity contribution in [2.24, 2.45) is 0 Å². The summed E-state index contributed by atoms with van der Waals surface area (Å²) in [5.41, 5.74) is -1.58. The van der Waals surface area contributed by atoms with Crippen molar-refractivity contribution in [3.63, 3.8) is 0 Å². The highest BCUT2D eigenvalue weighted by Crippen LogP contribution is 2.55. The second-order valence-corrected chi connectivity index (χ2v) is 7.56. The SMILES string of the molecule is O=C([C@H]1CC(F)CN1)N1CC2(CC2)N(C(=O)C(F)(F)F)CC12CC2. The molecule has 134 valence electrons. The van der Waals surface area contributed by atoms with Gasteiger partial charge in [0.05, 0.1) is 17.1 Å². The summed E-state index contributed by atoms with van der Waals surface area (Å²) >= 11 is 0. The average Bonchev–Trinajstić information content (AvgIpc) is 3.40. The summed E-state index contributed by atoms with van der Waals surface area (Å²) in [6.07, 6.45) is -3.76. The second kappa shape index (κ2) is 4.83. The van der Waals surface area contributed by atoms with Crippen LogP contribution in [0.3, 0.4) is 0 Å². The van der Waals surface area contributed by atoms with Crippen LogP contribution in [0.4, 0.5) is 17.6 Å². The minimum atomic E-state index is -4.90. The molecule has 9 heteroatoms. The summed E-state index contributed by atoms with van der Waals surface area (Å²) in [6, 6.07) is -0.613. The van der Waals surface area contributed by atoms with E-state index in [1.807, 2.05) is 0 Å². The number of nitrogens with one attached hydrogen (secondary N) is 1. The minimum absolute atomic E-state index is 0.0666. The minimum Gasteiger partial charge on any atom is -0.332 e. The van der Waals surface area contributed by atoms with E-state index in [0.29, 0.717) is 25.7 Å². The number of carbonyl (C=O) groups excluding carboxylic acids is 2. The van der Waals surface area contributed by atoms with Crippen molar-refractivity contribution >= 4 is 11.8 Å². The first-order valence-electron chi connectivity index (χ1n) is 8.25.